The molecule has 9 nitrogen and oxygen atoms in total. The highest BCUT2D eigenvalue weighted by Gasteiger charge is 2.55. The molecule has 0 aliphatic carbocycles. The summed E-state index contributed by atoms with van der Waals surface area (Å²) in [6.45, 7) is 0.443. The summed E-state index contributed by atoms with van der Waals surface area (Å²) in [7, 11) is 1.24. The van der Waals surface area contributed by atoms with Crippen molar-refractivity contribution in [2.75, 3.05) is 29.2 Å². The van der Waals surface area contributed by atoms with Gasteiger partial charge >= 0.3 is 19.0 Å². The number of carbonyl (C=O) groups is 2. The number of carbonyl (C=O) groups excluding carboxylic acids is 2. The Labute approximate surface area is 246 Å². The van der Waals surface area contributed by atoms with Crippen LogP contribution in [0.2, 0.25) is 0 Å². The first kappa shape index (κ1) is 29.0. The SMILES string of the molecule is COC(=O)CSC1=[N+]2C(=C(c3ccccc3)c3ccc(N(C(=O)OC(C)(C)C)c4cc(N)cc(N)c4)n3[B-]2(F)F)C=C1. The van der Waals surface area contributed by atoms with Crippen molar-refractivity contribution >= 4 is 64.3 Å². The Hall–Kier alpha value is -4.52. The van der Waals surface area contributed by atoms with E-state index in [0.29, 0.717) is 11.1 Å². The highest BCUT2D eigenvalue weighted by atomic mass is 32.2. The van der Waals surface area contributed by atoms with Crippen LogP contribution in [0, 0.1) is 0 Å². The van der Waals surface area contributed by atoms with E-state index in [0.717, 1.165) is 25.6 Å². The van der Waals surface area contributed by atoms with E-state index in [9.17, 15) is 9.59 Å². The number of esters is 1. The van der Waals surface area contributed by atoms with Gasteiger partial charge in [0, 0.05) is 29.2 Å². The Bertz CT molecular complexity index is 1660. The van der Waals surface area contributed by atoms with E-state index in [1.54, 1.807) is 39.0 Å². The molecule has 4 N–H and O–H groups in total. The monoisotopic (exact) mass is 593 g/mol. The van der Waals surface area contributed by atoms with Crippen molar-refractivity contribution in [3.63, 3.8) is 0 Å². The predicted molar refractivity (Wildman–Crippen MR) is 163 cm³/mol. The number of ether oxygens (including phenoxy) is 2. The fraction of sp³-hybridized carbons (Fsp3) is 0.207. The Morgan fingerprint density at radius 1 is 1.02 bits per heavy atom. The van der Waals surface area contributed by atoms with Crippen LogP contribution < -0.4 is 16.4 Å². The number of fused-ring (bicyclic) bond motifs is 2. The largest absolute Gasteiger partial charge is 0.739 e. The summed E-state index contributed by atoms with van der Waals surface area (Å²) in [5.74, 6) is -0.858. The van der Waals surface area contributed by atoms with Gasteiger partial charge in [-0.1, -0.05) is 42.1 Å². The number of hydrogen-bond acceptors (Lipinski definition) is 7. The third kappa shape index (κ3) is 5.27. The lowest BCUT2D eigenvalue weighted by Gasteiger charge is -2.36. The lowest BCUT2D eigenvalue weighted by atomic mass is 9.86. The quantitative estimate of drug-likeness (QED) is 0.225. The molecule has 3 heterocycles. The molecule has 13 heteroatoms. The number of aromatic nitrogens is 1. The highest BCUT2D eigenvalue weighted by Crippen LogP contribution is 2.45. The first-order valence-electron chi connectivity index (χ1n) is 13.1. The number of benzene rings is 2. The maximum absolute atomic E-state index is 16.9. The molecule has 0 atom stereocenters. The smallest absolute Gasteiger partial charge is 0.468 e. The number of nitrogens with zero attached hydrogens (tertiary/aromatic N) is 3. The number of nitrogen functional groups attached to an aromatic ring is 2. The molecular weight excluding hydrogens is 563 g/mol. The third-order valence-corrected chi connectivity index (χ3v) is 7.57. The number of nitrogens with two attached hydrogens (primary N) is 2. The van der Waals surface area contributed by atoms with Gasteiger partial charge in [0.15, 0.2) is 10.7 Å². The van der Waals surface area contributed by atoms with Crippen molar-refractivity contribution in [1.29, 1.82) is 0 Å². The van der Waals surface area contributed by atoms with Crippen LogP contribution in [0.1, 0.15) is 32.0 Å². The van der Waals surface area contributed by atoms with Crippen LogP contribution in [0.15, 0.2) is 78.5 Å². The Balaban J connectivity index is 1.78. The van der Waals surface area contributed by atoms with Crippen LogP contribution in [0.3, 0.4) is 0 Å². The van der Waals surface area contributed by atoms with Gasteiger partial charge in [-0.05, 0) is 56.7 Å². The molecule has 218 valence electrons. The molecule has 2 aliphatic rings. The summed E-state index contributed by atoms with van der Waals surface area (Å²) in [5, 5.41) is 0.163. The summed E-state index contributed by atoms with van der Waals surface area (Å²) in [4.78, 5) is 26.7. The van der Waals surface area contributed by atoms with Crippen LogP contribution in [-0.2, 0) is 14.3 Å². The second-order valence-electron chi connectivity index (χ2n) is 10.7. The second-order valence-corrected chi connectivity index (χ2v) is 11.7. The zero-order chi connectivity index (χ0) is 30.4. The maximum atomic E-state index is 16.9. The van der Waals surface area contributed by atoms with E-state index in [4.69, 9.17) is 20.9 Å². The van der Waals surface area contributed by atoms with Crippen molar-refractivity contribution in [1.82, 2.24) is 4.48 Å². The number of thioether (sulfide) groups is 1. The number of anilines is 4. The number of rotatable bonds is 5. The molecule has 0 unspecified atom stereocenters. The van der Waals surface area contributed by atoms with E-state index in [1.165, 1.54) is 31.4 Å². The first-order chi connectivity index (χ1) is 19.8. The molecule has 42 heavy (non-hydrogen) atoms. The van der Waals surface area contributed by atoms with Crippen LogP contribution >= 0.6 is 11.8 Å². The molecule has 2 aromatic carbocycles. The minimum atomic E-state index is -4.60. The van der Waals surface area contributed by atoms with Crippen molar-refractivity contribution < 1.29 is 32.2 Å². The highest BCUT2D eigenvalue weighted by molar-refractivity contribution is 8.14. The first-order valence-corrected chi connectivity index (χ1v) is 14.1. The molecule has 0 spiro atoms. The molecule has 0 saturated carbocycles. The van der Waals surface area contributed by atoms with Crippen LogP contribution in [0.25, 0.3) is 5.57 Å². The average molecular weight is 593 g/mol. The zero-order valence-corrected chi connectivity index (χ0v) is 24.3. The summed E-state index contributed by atoms with van der Waals surface area (Å²) in [6, 6.07) is 16.6. The molecule has 0 fully saturated rings. The lowest BCUT2D eigenvalue weighted by Crippen LogP contribution is -2.52. The molecule has 1 aromatic heterocycles. The second kappa shape index (κ2) is 10.7. The van der Waals surface area contributed by atoms with Gasteiger partial charge in [0.25, 0.3) is 0 Å². The maximum Gasteiger partial charge on any atom is 0.739 e. The molecule has 0 radical (unpaired) electrons. The number of methoxy groups -OCH3 is 1. The molecule has 2 aliphatic heterocycles. The van der Waals surface area contributed by atoms with Crippen LogP contribution in [-0.4, -0.2) is 51.5 Å². The standard InChI is InChI=1S/C29H30BF2N5O4S/c1-29(2,3)41-28(39)35(21-15-19(33)14-20(34)16-21)24-12-10-22-27(18-8-6-5-7-9-18)23-11-13-25(42-17-26(38)40-4)37(23)30(31,32)36(22)24/h5-16H,17,33-34H2,1-4H3. The van der Waals surface area contributed by atoms with E-state index < -0.39 is 24.6 Å². The van der Waals surface area contributed by atoms with Crippen LogP contribution in [0.4, 0.5) is 36.3 Å². The summed E-state index contributed by atoms with van der Waals surface area (Å²) >= 11 is 0.939. The fourth-order valence-electron chi connectivity index (χ4n) is 4.99. The van der Waals surface area contributed by atoms with E-state index >= 15 is 8.63 Å². The molecular formula is C29H30BF2N5O4S. The van der Waals surface area contributed by atoms with Crippen molar-refractivity contribution in [2.45, 2.75) is 26.4 Å². The van der Waals surface area contributed by atoms with Crippen molar-refractivity contribution in [3.05, 3.63) is 89.8 Å². The van der Waals surface area contributed by atoms with Gasteiger partial charge in [-0.3, -0.25) is 4.79 Å². The van der Waals surface area contributed by atoms with Gasteiger partial charge in [0.1, 0.15) is 11.4 Å². The summed E-state index contributed by atoms with van der Waals surface area (Å²) < 4.78 is 46.0. The van der Waals surface area contributed by atoms with Gasteiger partial charge in [0.05, 0.1) is 24.2 Å². The van der Waals surface area contributed by atoms with Crippen molar-refractivity contribution in [3.8, 4) is 0 Å². The molecule has 5 rings (SSSR count). The summed E-state index contributed by atoms with van der Waals surface area (Å²) in [6.07, 6.45) is 2.27. The Kier molecular flexibility index (Phi) is 7.40. The number of halogens is 2. The molecule has 3 aromatic rings. The Morgan fingerprint density at radius 3 is 2.31 bits per heavy atom. The normalized spacial score (nSPS) is 15.4. The average Bonchev–Trinajstić information content (AvgIpc) is 3.53. The number of hydrogen-bond donors (Lipinski definition) is 2. The van der Waals surface area contributed by atoms with Gasteiger partial charge in [-0.15, -0.1) is 0 Å². The van der Waals surface area contributed by atoms with E-state index in [2.05, 4.69) is 0 Å². The fourth-order valence-corrected chi connectivity index (χ4v) is 5.90. The third-order valence-electron chi connectivity index (χ3n) is 6.56. The van der Waals surface area contributed by atoms with E-state index in [-0.39, 0.29) is 45.1 Å². The van der Waals surface area contributed by atoms with Crippen LogP contribution in [0.5, 0.6) is 0 Å². The molecule has 1 amide bonds. The number of amides is 1. The van der Waals surface area contributed by atoms with Gasteiger partial charge in [0.2, 0.25) is 0 Å². The predicted octanol–water partition coefficient (Wildman–Crippen LogP) is 5.61. The minimum Gasteiger partial charge on any atom is -0.468 e. The Morgan fingerprint density at radius 2 is 1.69 bits per heavy atom. The zero-order valence-electron chi connectivity index (χ0n) is 23.5. The van der Waals surface area contributed by atoms with Gasteiger partial charge < -0.3 is 38.5 Å². The molecule has 0 saturated heterocycles. The van der Waals surface area contributed by atoms with E-state index in [1.807, 2.05) is 30.3 Å². The lowest BCUT2D eigenvalue weighted by molar-refractivity contribution is -0.358. The summed E-state index contributed by atoms with van der Waals surface area (Å²) in [5.41, 5.74) is 13.5. The van der Waals surface area contributed by atoms with Gasteiger partial charge in [-0.2, -0.15) is 0 Å². The topological polar surface area (TPSA) is 116 Å². The van der Waals surface area contributed by atoms with Gasteiger partial charge in [-0.25, -0.2) is 9.69 Å². The number of allylic oxidation sites excluding steroid dienone is 1. The van der Waals surface area contributed by atoms with Crippen molar-refractivity contribution in [2.24, 2.45) is 0 Å². The molecule has 0 bridgehead atoms. The minimum absolute atomic E-state index is 0.147.